The zero-order chi connectivity index (χ0) is 19.2. The molecule has 0 spiro atoms. The van der Waals surface area contributed by atoms with Crippen molar-refractivity contribution in [1.82, 2.24) is 14.8 Å². The van der Waals surface area contributed by atoms with Crippen LogP contribution in [0.3, 0.4) is 0 Å². The molecule has 1 aromatic heterocycles. The third kappa shape index (κ3) is 4.15. The van der Waals surface area contributed by atoms with Crippen LogP contribution in [0.25, 0.3) is 11.1 Å². The number of hydrogen-bond donors (Lipinski definition) is 1. The predicted molar refractivity (Wildman–Crippen MR) is 102 cm³/mol. The van der Waals surface area contributed by atoms with Gasteiger partial charge in [0.2, 0.25) is 5.82 Å². The van der Waals surface area contributed by atoms with Crippen LogP contribution in [0.1, 0.15) is 35.1 Å². The lowest BCUT2D eigenvalue weighted by Crippen LogP contribution is -2.05. The number of carboxylic acid groups (broad SMARTS) is 1. The molecular formula is C21H19N3O3. The second-order valence-electron chi connectivity index (χ2n) is 5.78. The molecule has 6 nitrogen and oxygen atoms in total. The standard InChI is InChI=1S/C21H19N3O3/c1-3-4-9-19-22-21(27-2)23-24(19)14-15-10-12-16(13-11-15)17-7-5-6-8-18(17)20(25)26/h5-8,10-13H,3,14H2,1-2H3,(H,25,26). The number of benzene rings is 2. The Morgan fingerprint density at radius 1 is 1.19 bits per heavy atom. The first-order valence-corrected chi connectivity index (χ1v) is 8.51. The maximum absolute atomic E-state index is 11.4. The lowest BCUT2D eigenvalue weighted by Gasteiger charge is -2.08. The van der Waals surface area contributed by atoms with Crippen LogP contribution < -0.4 is 4.74 Å². The van der Waals surface area contributed by atoms with E-state index in [9.17, 15) is 9.90 Å². The number of carbonyl (C=O) groups is 1. The number of ether oxygens (including phenoxy) is 1. The molecule has 6 heteroatoms. The summed E-state index contributed by atoms with van der Waals surface area (Å²) in [5.41, 5.74) is 2.81. The van der Waals surface area contributed by atoms with E-state index in [-0.39, 0.29) is 11.6 Å². The first kappa shape index (κ1) is 18.2. The zero-order valence-corrected chi connectivity index (χ0v) is 15.1. The van der Waals surface area contributed by atoms with Crippen LogP contribution in [0.5, 0.6) is 6.01 Å². The quantitative estimate of drug-likeness (QED) is 0.704. The molecule has 0 aliphatic heterocycles. The molecule has 0 saturated carbocycles. The van der Waals surface area contributed by atoms with Gasteiger partial charge in [0, 0.05) is 6.42 Å². The van der Waals surface area contributed by atoms with Gasteiger partial charge in [-0.15, -0.1) is 5.10 Å². The van der Waals surface area contributed by atoms with Crippen molar-refractivity contribution < 1.29 is 14.6 Å². The van der Waals surface area contributed by atoms with Crippen molar-refractivity contribution >= 4 is 5.97 Å². The van der Waals surface area contributed by atoms with Gasteiger partial charge >= 0.3 is 12.0 Å². The highest BCUT2D eigenvalue weighted by atomic mass is 16.5. The van der Waals surface area contributed by atoms with Crippen molar-refractivity contribution in [3.05, 3.63) is 65.5 Å². The molecule has 136 valence electrons. The minimum Gasteiger partial charge on any atom is -0.478 e. The van der Waals surface area contributed by atoms with Crippen LogP contribution in [-0.2, 0) is 6.54 Å². The molecule has 0 aliphatic rings. The minimum atomic E-state index is -0.941. The molecule has 0 saturated heterocycles. The summed E-state index contributed by atoms with van der Waals surface area (Å²) in [6, 6.07) is 14.9. The average molecular weight is 361 g/mol. The lowest BCUT2D eigenvalue weighted by atomic mass is 9.99. The Labute approximate surface area is 157 Å². The molecule has 3 rings (SSSR count). The fourth-order valence-electron chi connectivity index (χ4n) is 2.66. The summed E-state index contributed by atoms with van der Waals surface area (Å²) < 4.78 is 6.80. The average Bonchev–Trinajstić information content (AvgIpc) is 3.08. The van der Waals surface area contributed by atoms with Crippen LogP contribution in [0.2, 0.25) is 0 Å². The Kier molecular flexibility index (Phi) is 5.53. The van der Waals surface area contributed by atoms with Gasteiger partial charge in [-0.05, 0) is 28.7 Å². The van der Waals surface area contributed by atoms with Crippen LogP contribution in [0, 0.1) is 11.8 Å². The smallest absolute Gasteiger partial charge is 0.336 e. The number of rotatable bonds is 5. The topological polar surface area (TPSA) is 77.2 Å². The number of carboxylic acids is 1. The third-order valence-electron chi connectivity index (χ3n) is 3.97. The summed E-state index contributed by atoms with van der Waals surface area (Å²) in [4.78, 5) is 15.7. The Morgan fingerprint density at radius 3 is 2.59 bits per heavy atom. The molecule has 0 unspecified atom stereocenters. The molecule has 3 aromatic rings. The Morgan fingerprint density at radius 2 is 1.93 bits per heavy atom. The number of aromatic nitrogens is 3. The van der Waals surface area contributed by atoms with Crippen molar-refractivity contribution in [2.24, 2.45) is 0 Å². The molecule has 2 aromatic carbocycles. The molecule has 27 heavy (non-hydrogen) atoms. The second-order valence-corrected chi connectivity index (χ2v) is 5.78. The maximum atomic E-state index is 11.4. The highest BCUT2D eigenvalue weighted by Gasteiger charge is 2.12. The van der Waals surface area contributed by atoms with Gasteiger partial charge in [0.05, 0.1) is 19.2 Å². The zero-order valence-electron chi connectivity index (χ0n) is 15.1. The summed E-state index contributed by atoms with van der Waals surface area (Å²) in [7, 11) is 1.52. The molecule has 0 amide bonds. The molecule has 0 bridgehead atoms. The number of nitrogens with zero attached hydrogens (tertiary/aromatic N) is 3. The largest absolute Gasteiger partial charge is 0.478 e. The monoisotopic (exact) mass is 361 g/mol. The lowest BCUT2D eigenvalue weighted by molar-refractivity contribution is 0.0697. The van der Waals surface area contributed by atoms with Gasteiger partial charge in [0.25, 0.3) is 0 Å². The first-order valence-electron chi connectivity index (χ1n) is 8.51. The Balaban J connectivity index is 1.87. The number of methoxy groups -OCH3 is 1. The van der Waals surface area contributed by atoms with E-state index in [4.69, 9.17) is 4.74 Å². The van der Waals surface area contributed by atoms with E-state index >= 15 is 0 Å². The van der Waals surface area contributed by atoms with Crippen molar-refractivity contribution in [1.29, 1.82) is 0 Å². The van der Waals surface area contributed by atoms with E-state index in [2.05, 4.69) is 21.9 Å². The summed E-state index contributed by atoms with van der Waals surface area (Å²) in [6.07, 6.45) is 0.729. The van der Waals surface area contributed by atoms with Gasteiger partial charge in [-0.25, -0.2) is 9.48 Å². The van der Waals surface area contributed by atoms with E-state index < -0.39 is 5.97 Å². The van der Waals surface area contributed by atoms with Crippen molar-refractivity contribution in [2.75, 3.05) is 7.11 Å². The van der Waals surface area contributed by atoms with E-state index in [1.54, 1.807) is 22.9 Å². The van der Waals surface area contributed by atoms with Crippen molar-refractivity contribution in [2.45, 2.75) is 19.9 Å². The molecular weight excluding hydrogens is 342 g/mol. The van der Waals surface area contributed by atoms with Gasteiger partial charge in [-0.2, -0.15) is 4.98 Å². The van der Waals surface area contributed by atoms with Crippen LogP contribution >= 0.6 is 0 Å². The summed E-state index contributed by atoms with van der Waals surface area (Å²) in [5, 5.41) is 13.7. The molecule has 1 N–H and O–H groups in total. The summed E-state index contributed by atoms with van der Waals surface area (Å²) >= 11 is 0. The van der Waals surface area contributed by atoms with Gasteiger partial charge < -0.3 is 9.84 Å². The number of aromatic carboxylic acids is 1. The summed E-state index contributed by atoms with van der Waals surface area (Å²) in [5.74, 6) is 5.59. The maximum Gasteiger partial charge on any atom is 0.336 e. The molecule has 0 radical (unpaired) electrons. The normalized spacial score (nSPS) is 10.1. The Hall–Kier alpha value is -3.59. The fraction of sp³-hybridized carbons (Fsp3) is 0.190. The van der Waals surface area contributed by atoms with Crippen molar-refractivity contribution in [3.8, 4) is 29.0 Å². The van der Waals surface area contributed by atoms with E-state index in [1.807, 2.05) is 37.3 Å². The van der Waals surface area contributed by atoms with Gasteiger partial charge in [-0.1, -0.05) is 55.3 Å². The van der Waals surface area contributed by atoms with E-state index in [1.165, 1.54) is 7.11 Å². The first-order chi connectivity index (χ1) is 13.1. The highest BCUT2D eigenvalue weighted by Crippen LogP contribution is 2.24. The van der Waals surface area contributed by atoms with Gasteiger partial charge in [0.15, 0.2) is 0 Å². The van der Waals surface area contributed by atoms with Crippen LogP contribution in [0.4, 0.5) is 0 Å². The van der Waals surface area contributed by atoms with Gasteiger partial charge in [-0.3, -0.25) is 0 Å². The molecule has 1 heterocycles. The van der Waals surface area contributed by atoms with Crippen molar-refractivity contribution in [3.63, 3.8) is 0 Å². The second kappa shape index (κ2) is 8.19. The highest BCUT2D eigenvalue weighted by molar-refractivity contribution is 5.95. The molecule has 0 fully saturated rings. The van der Waals surface area contributed by atoms with E-state index in [0.717, 1.165) is 17.5 Å². The van der Waals surface area contributed by atoms with Crippen LogP contribution in [0.15, 0.2) is 48.5 Å². The molecule has 0 atom stereocenters. The number of hydrogen-bond acceptors (Lipinski definition) is 4. The Bertz CT molecular complexity index is 1010. The third-order valence-corrected chi connectivity index (χ3v) is 3.97. The van der Waals surface area contributed by atoms with Crippen LogP contribution in [-0.4, -0.2) is 33.0 Å². The van der Waals surface area contributed by atoms with Gasteiger partial charge in [0.1, 0.15) is 0 Å². The molecule has 0 aliphatic carbocycles. The summed E-state index contributed by atoms with van der Waals surface area (Å²) in [6.45, 7) is 2.46. The minimum absolute atomic E-state index is 0.280. The fourth-order valence-corrected chi connectivity index (χ4v) is 2.66. The predicted octanol–water partition coefficient (Wildman–Crippen LogP) is 3.46. The van der Waals surface area contributed by atoms with E-state index in [0.29, 0.717) is 17.9 Å². The SMILES string of the molecule is CCC#Cc1nc(OC)nn1Cc1ccc(-c2ccccc2C(=O)O)cc1.